The SMILES string of the molecule is C[Si](C)(C)C=C1[C-]=CC=C1. The van der Waals surface area contributed by atoms with Gasteiger partial charge < -0.3 is 0 Å². The second-order valence-corrected chi connectivity index (χ2v) is 8.66. The highest BCUT2D eigenvalue weighted by Crippen LogP contribution is 2.11. The third-order valence-electron chi connectivity index (χ3n) is 1.21. The minimum absolute atomic E-state index is 1.02. The van der Waals surface area contributed by atoms with E-state index < -0.39 is 8.07 Å². The van der Waals surface area contributed by atoms with Crippen molar-refractivity contribution >= 4 is 8.07 Å². The van der Waals surface area contributed by atoms with E-state index in [9.17, 15) is 0 Å². The second-order valence-electron chi connectivity index (χ2n) is 3.64. The van der Waals surface area contributed by atoms with Gasteiger partial charge in [0.2, 0.25) is 0 Å². The molecular formula is C9H13Si-. The van der Waals surface area contributed by atoms with Crippen LogP contribution >= 0.6 is 0 Å². The molecule has 54 valence electrons. The standard InChI is InChI=1S/C9H13Si/c1-10(2,3)8-9-6-4-5-7-9/h4-6,8H,1-3H3/q-1. The highest BCUT2D eigenvalue weighted by molar-refractivity contribution is 6.81. The molecule has 1 aliphatic carbocycles. The third-order valence-corrected chi connectivity index (χ3v) is 2.39. The largest absolute Gasteiger partial charge is 0.178 e. The van der Waals surface area contributed by atoms with Crippen molar-refractivity contribution in [3.8, 4) is 0 Å². The summed E-state index contributed by atoms with van der Waals surface area (Å²) in [7, 11) is -1.02. The van der Waals surface area contributed by atoms with Crippen molar-refractivity contribution in [2.24, 2.45) is 0 Å². The fraction of sp³-hybridized carbons (Fsp3) is 0.333. The van der Waals surface area contributed by atoms with Crippen LogP contribution in [0.3, 0.4) is 0 Å². The van der Waals surface area contributed by atoms with E-state index in [-0.39, 0.29) is 0 Å². The molecule has 0 N–H and O–H groups in total. The Kier molecular flexibility index (Phi) is 1.95. The first-order chi connectivity index (χ1) is 4.58. The van der Waals surface area contributed by atoms with Gasteiger partial charge in [0.15, 0.2) is 0 Å². The third kappa shape index (κ3) is 2.36. The van der Waals surface area contributed by atoms with E-state index in [4.69, 9.17) is 0 Å². The molecule has 0 radical (unpaired) electrons. The predicted molar refractivity (Wildman–Crippen MR) is 48.4 cm³/mol. The highest BCUT2D eigenvalue weighted by Gasteiger charge is 2.03. The van der Waals surface area contributed by atoms with Gasteiger partial charge in [0.25, 0.3) is 0 Å². The molecule has 0 fully saturated rings. The van der Waals surface area contributed by atoms with E-state index in [1.165, 1.54) is 5.57 Å². The van der Waals surface area contributed by atoms with E-state index in [2.05, 4.69) is 37.5 Å². The minimum atomic E-state index is -1.02. The molecule has 1 heteroatoms. The maximum absolute atomic E-state index is 3.17. The molecule has 0 amide bonds. The monoisotopic (exact) mass is 149 g/mol. The van der Waals surface area contributed by atoms with Gasteiger partial charge in [0.05, 0.1) is 0 Å². The molecular weight excluding hydrogens is 136 g/mol. The van der Waals surface area contributed by atoms with Gasteiger partial charge in [0, 0.05) is 8.07 Å². The molecule has 10 heavy (non-hydrogen) atoms. The van der Waals surface area contributed by atoms with Crippen LogP contribution in [0.15, 0.2) is 29.5 Å². The summed E-state index contributed by atoms with van der Waals surface area (Å²) < 4.78 is 0. The number of hydrogen-bond donors (Lipinski definition) is 0. The van der Waals surface area contributed by atoms with E-state index >= 15 is 0 Å². The van der Waals surface area contributed by atoms with Gasteiger partial charge in [0.1, 0.15) is 0 Å². The number of rotatable bonds is 1. The maximum Gasteiger partial charge on any atom is 0.0221 e. The Morgan fingerprint density at radius 2 is 2.10 bits per heavy atom. The average molecular weight is 149 g/mol. The van der Waals surface area contributed by atoms with Crippen LogP contribution in [-0.2, 0) is 0 Å². The summed E-state index contributed by atoms with van der Waals surface area (Å²) in [6, 6.07) is 0. The first-order valence-corrected chi connectivity index (χ1v) is 7.15. The Labute approximate surface area is 64.0 Å². The molecule has 0 aliphatic heterocycles. The Morgan fingerprint density at radius 3 is 2.50 bits per heavy atom. The Hall–Kier alpha value is -0.563. The number of allylic oxidation sites excluding steroid dienone is 5. The summed E-state index contributed by atoms with van der Waals surface area (Å²) in [5, 5.41) is 0. The van der Waals surface area contributed by atoms with E-state index in [1.54, 1.807) is 0 Å². The Morgan fingerprint density at radius 1 is 1.40 bits per heavy atom. The van der Waals surface area contributed by atoms with Crippen molar-refractivity contribution in [1.29, 1.82) is 0 Å². The normalized spacial score (nSPS) is 20.9. The lowest BCUT2D eigenvalue weighted by atomic mass is 10.3. The average Bonchev–Trinajstić information content (AvgIpc) is 2.12. The van der Waals surface area contributed by atoms with E-state index in [0.29, 0.717) is 0 Å². The summed E-state index contributed by atoms with van der Waals surface area (Å²) in [5.41, 5.74) is 3.62. The van der Waals surface area contributed by atoms with Crippen molar-refractivity contribution in [2.45, 2.75) is 19.6 Å². The summed E-state index contributed by atoms with van der Waals surface area (Å²) in [5.74, 6) is 0. The van der Waals surface area contributed by atoms with Gasteiger partial charge in [-0.05, 0) is 0 Å². The molecule has 0 bridgehead atoms. The molecule has 0 heterocycles. The van der Waals surface area contributed by atoms with Crippen LogP contribution in [0.25, 0.3) is 0 Å². The molecule has 1 aliphatic rings. The Bertz CT molecular complexity index is 187. The van der Waals surface area contributed by atoms with Crippen LogP contribution in [0.5, 0.6) is 0 Å². The lowest BCUT2D eigenvalue weighted by Crippen LogP contribution is -2.16. The lowest BCUT2D eigenvalue weighted by molar-refractivity contribution is 1.67. The molecule has 0 aromatic rings. The van der Waals surface area contributed by atoms with Gasteiger partial charge in [-0.2, -0.15) is 29.5 Å². The molecule has 0 atom stereocenters. The molecule has 0 unspecified atom stereocenters. The van der Waals surface area contributed by atoms with Crippen molar-refractivity contribution < 1.29 is 0 Å². The first kappa shape index (κ1) is 7.54. The highest BCUT2D eigenvalue weighted by atomic mass is 28.3. The zero-order valence-electron chi connectivity index (χ0n) is 6.81. The van der Waals surface area contributed by atoms with Crippen molar-refractivity contribution in [1.82, 2.24) is 0 Å². The van der Waals surface area contributed by atoms with Crippen LogP contribution in [0.2, 0.25) is 19.6 Å². The quantitative estimate of drug-likeness (QED) is 0.397. The summed E-state index contributed by atoms with van der Waals surface area (Å²) >= 11 is 0. The Balaban J connectivity index is 2.73. The van der Waals surface area contributed by atoms with Gasteiger partial charge in [-0.25, -0.2) is 0 Å². The first-order valence-electron chi connectivity index (χ1n) is 3.57. The van der Waals surface area contributed by atoms with Gasteiger partial charge >= 0.3 is 0 Å². The molecule has 0 aromatic heterocycles. The van der Waals surface area contributed by atoms with E-state index in [1.807, 2.05) is 12.2 Å². The zero-order valence-corrected chi connectivity index (χ0v) is 7.81. The van der Waals surface area contributed by atoms with Crippen LogP contribution in [0.1, 0.15) is 0 Å². The van der Waals surface area contributed by atoms with Crippen molar-refractivity contribution in [2.75, 3.05) is 0 Å². The predicted octanol–water partition coefficient (Wildman–Crippen LogP) is 2.72. The van der Waals surface area contributed by atoms with Crippen LogP contribution in [0, 0.1) is 6.08 Å². The van der Waals surface area contributed by atoms with Gasteiger partial charge in [-0.1, -0.05) is 19.6 Å². The van der Waals surface area contributed by atoms with Crippen LogP contribution in [-0.4, -0.2) is 8.07 Å². The molecule has 0 saturated heterocycles. The maximum atomic E-state index is 3.17. The van der Waals surface area contributed by atoms with E-state index in [0.717, 1.165) is 0 Å². The van der Waals surface area contributed by atoms with Crippen molar-refractivity contribution in [3.63, 3.8) is 0 Å². The summed E-state index contributed by atoms with van der Waals surface area (Å²) in [4.78, 5) is 0. The lowest BCUT2D eigenvalue weighted by Gasteiger charge is -2.14. The number of hydrogen-bond acceptors (Lipinski definition) is 0. The minimum Gasteiger partial charge on any atom is -0.178 e. The summed E-state index contributed by atoms with van der Waals surface area (Å²) in [6.07, 6.45) is 9.28. The topological polar surface area (TPSA) is 0 Å². The molecule has 0 nitrogen and oxygen atoms in total. The fourth-order valence-corrected chi connectivity index (χ4v) is 2.01. The van der Waals surface area contributed by atoms with Gasteiger partial charge in [-0.15, -0.1) is 6.08 Å². The molecule has 0 saturated carbocycles. The summed E-state index contributed by atoms with van der Waals surface area (Å²) in [6.45, 7) is 6.98. The van der Waals surface area contributed by atoms with Crippen LogP contribution in [0.4, 0.5) is 0 Å². The fourth-order valence-electron chi connectivity index (χ4n) is 0.901. The molecule has 0 aromatic carbocycles. The second kappa shape index (κ2) is 2.58. The smallest absolute Gasteiger partial charge is 0.0221 e. The van der Waals surface area contributed by atoms with Crippen molar-refractivity contribution in [3.05, 3.63) is 35.6 Å². The zero-order chi connectivity index (χ0) is 7.61. The molecule has 0 spiro atoms. The van der Waals surface area contributed by atoms with Crippen LogP contribution < -0.4 is 0 Å². The van der Waals surface area contributed by atoms with Gasteiger partial charge in [-0.3, -0.25) is 0 Å². The molecule has 1 rings (SSSR count).